The topological polar surface area (TPSA) is 38.0 Å². The minimum Gasteiger partial charge on any atom is -0.329 e. The van der Waals surface area contributed by atoms with Gasteiger partial charge < -0.3 is 11.1 Å². The second-order valence-electron chi connectivity index (χ2n) is 3.59. The van der Waals surface area contributed by atoms with Crippen LogP contribution in [0.15, 0.2) is 22.7 Å². The monoisotopic (exact) mass is 298 g/mol. The lowest BCUT2D eigenvalue weighted by Crippen LogP contribution is -2.29. The Bertz CT molecular complexity index is 423. The lowest BCUT2D eigenvalue weighted by atomic mass is 10.1. The molecular weight excluding hydrogens is 283 g/mol. The van der Waals surface area contributed by atoms with Crippen molar-refractivity contribution >= 4 is 15.9 Å². The molecule has 2 nitrogen and oxygen atoms in total. The number of benzene rings is 1. The van der Waals surface area contributed by atoms with Crippen LogP contribution in [0.5, 0.6) is 0 Å². The Kier molecular flexibility index (Phi) is 6.20. The Labute approximate surface area is 110 Å². The molecule has 1 aromatic carbocycles. The van der Waals surface area contributed by atoms with Gasteiger partial charge in [0.25, 0.3) is 0 Å². The van der Waals surface area contributed by atoms with E-state index >= 15 is 0 Å². The first-order valence-electron chi connectivity index (χ1n) is 5.47. The second-order valence-corrected chi connectivity index (χ2v) is 4.50. The Hall–Kier alpha value is -0.890. The molecule has 0 aliphatic rings. The molecule has 0 spiro atoms. The normalized spacial score (nSPS) is 11.8. The summed E-state index contributed by atoms with van der Waals surface area (Å²) in [5.74, 6) is 5.52. The summed E-state index contributed by atoms with van der Waals surface area (Å²) in [6.45, 7) is 2.87. The van der Waals surface area contributed by atoms with Gasteiger partial charge in [0, 0.05) is 35.6 Å². The molecule has 4 heteroatoms. The largest absolute Gasteiger partial charge is 0.329 e. The van der Waals surface area contributed by atoms with Crippen molar-refractivity contribution in [1.82, 2.24) is 5.32 Å². The zero-order valence-corrected chi connectivity index (χ0v) is 11.3. The highest BCUT2D eigenvalue weighted by Gasteiger charge is 2.13. The summed E-state index contributed by atoms with van der Waals surface area (Å²) in [6, 6.07) is 4.84. The number of halogens is 2. The summed E-state index contributed by atoms with van der Waals surface area (Å²) >= 11 is 3.23. The van der Waals surface area contributed by atoms with Gasteiger partial charge in [-0.3, -0.25) is 0 Å². The van der Waals surface area contributed by atoms with Crippen molar-refractivity contribution in [3.8, 4) is 11.8 Å². The zero-order chi connectivity index (χ0) is 12.7. The van der Waals surface area contributed by atoms with Crippen LogP contribution >= 0.6 is 15.9 Å². The third-order valence-electron chi connectivity index (χ3n) is 2.39. The van der Waals surface area contributed by atoms with Crippen LogP contribution in [0.1, 0.15) is 24.9 Å². The van der Waals surface area contributed by atoms with Crippen molar-refractivity contribution in [3.05, 3.63) is 34.1 Å². The van der Waals surface area contributed by atoms with Gasteiger partial charge in [0.2, 0.25) is 0 Å². The molecule has 0 aromatic heterocycles. The van der Waals surface area contributed by atoms with Gasteiger partial charge >= 0.3 is 0 Å². The van der Waals surface area contributed by atoms with E-state index in [1.54, 1.807) is 13.0 Å². The van der Waals surface area contributed by atoms with E-state index in [-0.39, 0.29) is 11.9 Å². The maximum absolute atomic E-state index is 13.7. The van der Waals surface area contributed by atoms with Crippen molar-refractivity contribution in [1.29, 1.82) is 0 Å². The molecule has 1 rings (SSSR count). The molecule has 0 aliphatic carbocycles. The first-order chi connectivity index (χ1) is 8.19. The summed E-state index contributed by atoms with van der Waals surface area (Å²) in [5, 5.41) is 3.20. The fraction of sp³-hybridized carbons (Fsp3) is 0.385. The smallest absolute Gasteiger partial charge is 0.129 e. The van der Waals surface area contributed by atoms with Gasteiger partial charge in [0.1, 0.15) is 5.82 Å². The molecule has 0 fully saturated rings. The highest BCUT2D eigenvalue weighted by Crippen LogP contribution is 2.20. The van der Waals surface area contributed by atoms with E-state index < -0.39 is 0 Å². The third kappa shape index (κ3) is 4.47. The molecule has 92 valence electrons. The predicted molar refractivity (Wildman–Crippen MR) is 72.0 cm³/mol. The summed E-state index contributed by atoms with van der Waals surface area (Å²) in [5.41, 5.74) is 6.25. The number of hydrogen-bond acceptors (Lipinski definition) is 2. The Morgan fingerprint density at radius 1 is 1.53 bits per heavy atom. The molecule has 1 unspecified atom stereocenters. The first-order valence-corrected chi connectivity index (χ1v) is 6.26. The van der Waals surface area contributed by atoms with Crippen LogP contribution in [0.25, 0.3) is 0 Å². The average molecular weight is 299 g/mol. The molecule has 0 heterocycles. The maximum Gasteiger partial charge on any atom is 0.129 e. The third-order valence-corrected chi connectivity index (χ3v) is 2.88. The lowest BCUT2D eigenvalue weighted by Gasteiger charge is -2.17. The van der Waals surface area contributed by atoms with Crippen LogP contribution < -0.4 is 11.1 Å². The summed E-state index contributed by atoms with van der Waals surface area (Å²) in [4.78, 5) is 0. The Balaban J connectivity index is 2.68. The van der Waals surface area contributed by atoms with E-state index in [2.05, 4.69) is 33.1 Å². The Morgan fingerprint density at radius 3 is 2.88 bits per heavy atom. The summed E-state index contributed by atoms with van der Waals surface area (Å²) in [7, 11) is 0. The minimum atomic E-state index is -0.246. The van der Waals surface area contributed by atoms with Crippen LogP contribution in [-0.4, -0.2) is 13.1 Å². The number of nitrogens with two attached hydrogens (primary N) is 1. The van der Waals surface area contributed by atoms with Crippen LogP contribution in [-0.2, 0) is 0 Å². The number of rotatable bonds is 5. The van der Waals surface area contributed by atoms with E-state index in [0.29, 0.717) is 18.7 Å². The van der Waals surface area contributed by atoms with Crippen LogP contribution in [0.2, 0.25) is 0 Å². The summed E-state index contributed by atoms with van der Waals surface area (Å²) in [6.07, 6.45) is 0.741. The van der Waals surface area contributed by atoms with Gasteiger partial charge in [0.15, 0.2) is 0 Å². The van der Waals surface area contributed by atoms with Crippen LogP contribution in [0, 0.1) is 17.7 Å². The maximum atomic E-state index is 13.7. The molecule has 0 radical (unpaired) electrons. The van der Waals surface area contributed by atoms with Crippen molar-refractivity contribution < 1.29 is 4.39 Å². The van der Waals surface area contributed by atoms with E-state index in [1.165, 1.54) is 6.07 Å². The van der Waals surface area contributed by atoms with Crippen molar-refractivity contribution in [2.75, 3.05) is 13.1 Å². The first kappa shape index (κ1) is 14.2. The lowest BCUT2D eigenvalue weighted by molar-refractivity contribution is 0.512. The van der Waals surface area contributed by atoms with Crippen molar-refractivity contribution in [3.63, 3.8) is 0 Å². The zero-order valence-electron chi connectivity index (χ0n) is 9.76. The molecule has 3 N–H and O–H groups in total. The van der Waals surface area contributed by atoms with Crippen molar-refractivity contribution in [2.24, 2.45) is 5.73 Å². The average Bonchev–Trinajstić information content (AvgIpc) is 2.31. The molecule has 0 aliphatic heterocycles. The molecule has 0 amide bonds. The van der Waals surface area contributed by atoms with Gasteiger partial charge in [-0.2, -0.15) is 0 Å². The van der Waals surface area contributed by atoms with Gasteiger partial charge in [-0.25, -0.2) is 4.39 Å². The van der Waals surface area contributed by atoms with Gasteiger partial charge in [0.05, 0.1) is 0 Å². The minimum absolute atomic E-state index is 0.165. The SMILES string of the molecule is CC#CCCNC(CN)c1ccc(Br)cc1F. The van der Waals surface area contributed by atoms with E-state index in [9.17, 15) is 4.39 Å². The van der Waals surface area contributed by atoms with E-state index in [1.807, 2.05) is 6.07 Å². The van der Waals surface area contributed by atoms with E-state index in [4.69, 9.17) is 5.73 Å². The number of nitrogens with one attached hydrogen (secondary N) is 1. The predicted octanol–water partition coefficient (Wildman–Crippen LogP) is 2.59. The molecular formula is C13H16BrFN2. The fourth-order valence-electron chi connectivity index (χ4n) is 1.54. The van der Waals surface area contributed by atoms with Gasteiger partial charge in [-0.1, -0.05) is 22.0 Å². The molecule has 17 heavy (non-hydrogen) atoms. The highest BCUT2D eigenvalue weighted by atomic mass is 79.9. The van der Waals surface area contributed by atoms with Crippen LogP contribution in [0.3, 0.4) is 0 Å². The highest BCUT2D eigenvalue weighted by molar-refractivity contribution is 9.10. The van der Waals surface area contributed by atoms with E-state index in [0.717, 1.165) is 10.9 Å². The molecule has 1 aromatic rings. The second kappa shape index (κ2) is 7.44. The molecule has 0 saturated carbocycles. The van der Waals surface area contributed by atoms with Gasteiger partial charge in [-0.15, -0.1) is 11.8 Å². The van der Waals surface area contributed by atoms with Crippen molar-refractivity contribution in [2.45, 2.75) is 19.4 Å². The summed E-state index contributed by atoms with van der Waals surface area (Å²) < 4.78 is 14.4. The fourth-order valence-corrected chi connectivity index (χ4v) is 1.87. The Morgan fingerprint density at radius 2 is 2.29 bits per heavy atom. The molecule has 0 bridgehead atoms. The van der Waals surface area contributed by atoms with Gasteiger partial charge in [-0.05, 0) is 19.1 Å². The standard InChI is InChI=1S/C13H16BrFN2/c1-2-3-4-7-17-13(9-16)11-6-5-10(14)8-12(11)15/h5-6,8,13,17H,4,7,9,16H2,1H3. The van der Waals surface area contributed by atoms with Crippen LogP contribution in [0.4, 0.5) is 4.39 Å². The molecule has 0 saturated heterocycles. The quantitative estimate of drug-likeness (QED) is 0.648. The number of hydrogen-bond donors (Lipinski definition) is 2. The molecule has 1 atom stereocenters.